The van der Waals surface area contributed by atoms with Gasteiger partial charge in [0, 0.05) is 12.2 Å². The first kappa shape index (κ1) is 9.66. The van der Waals surface area contributed by atoms with Gasteiger partial charge in [0.25, 0.3) is 0 Å². The molecule has 0 aliphatic heterocycles. The Morgan fingerprint density at radius 1 is 1.43 bits per heavy atom. The Hall–Kier alpha value is -0.890. The molecule has 0 saturated heterocycles. The predicted octanol–water partition coefficient (Wildman–Crippen LogP) is 2.28. The third kappa shape index (κ3) is 2.55. The van der Waals surface area contributed by atoms with Gasteiger partial charge in [-0.2, -0.15) is 0 Å². The summed E-state index contributed by atoms with van der Waals surface area (Å²) in [6.45, 7) is 4.11. The Bertz CT molecular complexity index is 292. The fraction of sp³-hybridized carbons (Fsp3) is 0.583. The normalized spacial score (nSPS) is 16.6. The molecule has 1 heterocycles. The van der Waals surface area contributed by atoms with E-state index in [1.54, 1.807) is 0 Å². The number of nitrogens with zero attached hydrogens (tertiary/aromatic N) is 1. The molecule has 1 aromatic rings. The minimum Gasteiger partial charge on any atom is -0.311 e. The first-order valence-electron chi connectivity index (χ1n) is 5.48. The fourth-order valence-corrected chi connectivity index (χ4v) is 1.80. The van der Waals surface area contributed by atoms with Crippen LogP contribution >= 0.6 is 0 Å². The maximum atomic E-state index is 4.45. The van der Waals surface area contributed by atoms with E-state index in [9.17, 15) is 0 Å². The maximum Gasteiger partial charge on any atom is 0.0544 e. The van der Waals surface area contributed by atoms with E-state index in [1.807, 2.05) is 13.0 Å². The molecule has 1 aliphatic carbocycles. The molecule has 0 atom stereocenters. The lowest BCUT2D eigenvalue weighted by Gasteiger charge is -2.25. The van der Waals surface area contributed by atoms with Gasteiger partial charge in [-0.1, -0.05) is 12.5 Å². The quantitative estimate of drug-likeness (QED) is 0.788. The molecule has 1 aromatic heterocycles. The van der Waals surface area contributed by atoms with E-state index in [2.05, 4.69) is 22.4 Å². The van der Waals surface area contributed by atoms with Crippen LogP contribution in [0.1, 0.15) is 30.7 Å². The van der Waals surface area contributed by atoms with Gasteiger partial charge in [-0.05, 0) is 44.4 Å². The van der Waals surface area contributed by atoms with Crippen molar-refractivity contribution in [3.63, 3.8) is 0 Å². The van der Waals surface area contributed by atoms with E-state index in [1.165, 1.54) is 19.3 Å². The Kier molecular flexibility index (Phi) is 3.14. The topological polar surface area (TPSA) is 24.9 Å². The molecule has 0 unspecified atom stereocenters. The van der Waals surface area contributed by atoms with E-state index in [4.69, 9.17) is 0 Å². The average Bonchev–Trinajstić information content (AvgIpc) is 2.09. The minimum atomic E-state index is 0.915. The van der Waals surface area contributed by atoms with Crippen LogP contribution in [0.2, 0.25) is 0 Å². The first-order chi connectivity index (χ1) is 6.84. The van der Waals surface area contributed by atoms with Crippen molar-refractivity contribution in [3.8, 4) is 0 Å². The van der Waals surface area contributed by atoms with E-state index < -0.39 is 0 Å². The Morgan fingerprint density at radius 2 is 2.29 bits per heavy atom. The van der Waals surface area contributed by atoms with Crippen LogP contribution < -0.4 is 5.32 Å². The Labute approximate surface area is 85.7 Å². The second-order valence-corrected chi connectivity index (χ2v) is 4.20. The highest BCUT2D eigenvalue weighted by Crippen LogP contribution is 2.25. The molecule has 1 aliphatic rings. The number of nitrogens with one attached hydrogen (secondary N) is 1. The van der Waals surface area contributed by atoms with Crippen LogP contribution in [0.25, 0.3) is 0 Å². The van der Waals surface area contributed by atoms with Crippen molar-refractivity contribution in [2.24, 2.45) is 5.92 Å². The van der Waals surface area contributed by atoms with Gasteiger partial charge in [-0.3, -0.25) is 4.98 Å². The molecule has 2 heteroatoms. The number of hydrogen-bond acceptors (Lipinski definition) is 2. The molecule has 76 valence electrons. The van der Waals surface area contributed by atoms with E-state index in [0.29, 0.717) is 0 Å². The van der Waals surface area contributed by atoms with Gasteiger partial charge < -0.3 is 5.32 Å². The van der Waals surface area contributed by atoms with Crippen molar-refractivity contribution in [2.75, 3.05) is 6.54 Å². The summed E-state index contributed by atoms with van der Waals surface area (Å²) in [4.78, 5) is 4.45. The molecular formula is C12H18N2. The molecule has 0 aromatic carbocycles. The number of rotatable bonds is 4. The minimum absolute atomic E-state index is 0.915. The first-order valence-corrected chi connectivity index (χ1v) is 5.48. The summed E-state index contributed by atoms with van der Waals surface area (Å²) in [5.41, 5.74) is 2.26. The molecule has 0 amide bonds. The maximum absolute atomic E-state index is 4.45. The van der Waals surface area contributed by atoms with Crippen LogP contribution in [0, 0.1) is 12.8 Å². The van der Waals surface area contributed by atoms with Gasteiger partial charge in [0.05, 0.1) is 5.69 Å². The summed E-state index contributed by atoms with van der Waals surface area (Å²) in [5, 5.41) is 3.47. The Balaban J connectivity index is 1.74. The third-order valence-electron chi connectivity index (χ3n) is 2.91. The summed E-state index contributed by atoms with van der Waals surface area (Å²) >= 11 is 0. The summed E-state index contributed by atoms with van der Waals surface area (Å²) < 4.78 is 0. The number of aromatic nitrogens is 1. The smallest absolute Gasteiger partial charge is 0.0544 e. The van der Waals surface area contributed by atoms with Gasteiger partial charge in [0.15, 0.2) is 0 Å². The molecule has 0 spiro atoms. The molecule has 0 radical (unpaired) electrons. The van der Waals surface area contributed by atoms with Gasteiger partial charge in [-0.15, -0.1) is 0 Å². The molecule has 2 rings (SSSR count). The second-order valence-electron chi connectivity index (χ2n) is 4.20. The van der Waals surface area contributed by atoms with Crippen molar-refractivity contribution >= 4 is 0 Å². The highest BCUT2D eigenvalue weighted by molar-refractivity contribution is 5.09. The average molecular weight is 190 g/mol. The van der Waals surface area contributed by atoms with Gasteiger partial charge in [0.1, 0.15) is 0 Å². The molecule has 0 bridgehead atoms. The summed E-state index contributed by atoms with van der Waals surface area (Å²) in [7, 11) is 0. The number of aryl methyl sites for hydroxylation is 1. The van der Waals surface area contributed by atoms with Crippen LogP contribution in [0.15, 0.2) is 18.2 Å². The van der Waals surface area contributed by atoms with Crippen LogP contribution in [0.4, 0.5) is 0 Å². The number of hydrogen-bond donors (Lipinski definition) is 1. The summed E-state index contributed by atoms with van der Waals surface area (Å²) in [6.07, 6.45) is 4.25. The van der Waals surface area contributed by atoms with Crippen molar-refractivity contribution in [1.82, 2.24) is 10.3 Å². The van der Waals surface area contributed by atoms with Gasteiger partial charge >= 0.3 is 0 Å². The SMILES string of the molecule is Cc1cccc(CNCC2CCC2)n1. The Morgan fingerprint density at radius 3 is 2.93 bits per heavy atom. The van der Waals surface area contributed by atoms with Crippen LogP contribution in [-0.4, -0.2) is 11.5 Å². The van der Waals surface area contributed by atoms with Crippen molar-refractivity contribution in [1.29, 1.82) is 0 Å². The largest absolute Gasteiger partial charge is 0.311 e. The molecule has 14 heavy (non-hydrogen) atoms. The van der Waals surface area contributed by atoms with E-state index in [0.717, 1.165) is 30.4 Å². The lowest BCUT2D eigenvalue weighted by Crippen LogP contribution is -2.27. The lowest BCUT2D eigenvalue weighted by molar-refractivity contribution is 0.301. The van der Waals surface area contributed by atoms with Crippen molar-refractivity contribution in [2.45, 2.75) is 32.7 Å². The monoisotopic (exact) mass is 190 g/mol. The molecular weight excluding hydrogens is 172 g/mol. The third-order valence-corrected chi connectivity index (χ3v) is 2.91. The molecule has 1 N–H and O–H groups in total. The summed E-state index contributed by atoms with van der Waals surface area (Å²) in [6, 6.07) is 6.19. The zero-order chi connectivity index (χ0) is 9.80. The highest BCUT2D eigenvalue weighted by atomic mass is 14.9. The fourth-order valence-electron chi connectivity index (χ4n) is 1.80. The van der Waals surface area contributed by atoms with Crippen LogP contribution in [0.3, 0.4) is 0 Å². The molecule has 2 nitrogen and oxygen atoms in total. The van der Waals surface area contributed by atoms with Crippen LogP contribution in [0.5, 0.6) is 0 Å². The molecule has 1 saturated carbocycles. The van der Waals surface area contributed by atoms with Crippen molar-refractivity contribution < 1.29 is 0 Å². The highest BCUT2D eigenvalue weighted by Gasteiger charge is 2.16. The number of pyridine rings is 1. The van der Waals surface area contributed by atoms with Gasteiger partial charge in [0.2, 0.25) is 0 Å². The van der Waals surface area contributed by atoms with E-state index in [-0.39, 0.29) is 0 Å². The van der Waals surface area contributed by atoms with Crippen molar-refractivity contribution in [3.05, 3.63) is 29.6 Å². The van der Waals surface area contributed by atoms with E-state index >= 15 is 0 Å². The zero-order valence-corrected chi connectivity index (χ0v) is 8.79. The van der Waals surface area contributed by atoms with Crippen LogP contribution in [-0.2, 0) is 6.54 Å². The van der Waals surface area contributed by atoms with Gasteiger partial charge in [-0.25, -0.2) is 0 Å². The predicted molar refractivity (Wildman–Crippen MR) is 58.0 cm³/mol. The zero-order valence-electron chi connectivity index (χ0n) is 8.79. The summed E-state index contributed by atoms with van der Waals surface area (Å²) in [5.74, 6) is 0.930. The second kappa shape index (κ2) is 4.56. The molecule has 1 fully saturated rings. The lowest BCUT2D eigenvalue weighted by atomic mass is 9.85. The standard InChI is InChI=1S/C12H18N2/c1-10-4-2-7-12(14-10)9-13-8-11-5-3-6-11/h2,4,7,11,13H,3,5-6,8-9H2,1H3.